The van der Waals surface area contributed by atoms with E-state index < -0.39 is 60.2 Å². The number of nitrogens with one attached hydrogen (secondary N) is 6. The summed E-state index contributed by atoms with van der Waals surface area (Å²) in [5.41, 5.74) is 7.54. The Morgan fingerprint density at radius 3 is 1.49 bits per heavy atom. The molecule has 208 valence electrons. The van der Waals surface area contributed by atoms with E-state index in [9.17, 15) is 29.1 Å². The van der Waals surface area contributed by atoms with Gasteiger partial charge in [-0.2, -0.15) is 0 Å². The van der Waals surface area contributed by atoms with Gasteiger partial charge in [-0.3, -0.25) is 19.2 Å². The number of hydrogen-bond acceptors (Lipinski definition) is 9. The third-order valence-electron chi connectivity index (χ3n) is 5.55. The van der Waals surface area contributed by atoms with E-state index in [1.165, 1.54) is 37.6 Å². The first kappa shape index (κ1) is 28.5. The molecule has 3 aromatic rings. The highest BCUT2D eigenvalue weighted by Crippen LogP contribution is 2.06. The minimum Gasteiger partial charge on any atom is -0.481 e. The predicted molar refractivity (Wildman–Crippen MR) is 131 cm³/mol. The van der Waals surface area contributed by atoms with Crippen molar-refractivity contribution in [1.82, 2.24) is 45.9 Å². The monoisotopic (exact) mass is 544 g/mol. The molecule has 0 spiro atoms. The second-order valence-corrected chi connectivity index (χ2v) is 8.57. The molecule has 0 saturated carbocycles. The molecular weight excluding hydrogens is 516 g/mol. The quantitative estimate of drug-likeness (QED) is 0.0944. The van der Waals surface area contributed by atoms with Crippen LogP contribution in [-0.2, 0) is 43.2 Å². The molecule has 0 fully saturated rings. The molecule has 0 saturated heterocycles. The van der Waals surface area contributed by atoms with Gasteiger partial charge >= 0.3 is 11.9 Å². The molecule has 17 heteroatoms. The van der Waals surface area contributed by atoms with Crippen LogP contribution in [0.15, 0.2) is 37.6 Å². The van der Waals surface area contributed by atoms with Gasteiger partial charge in [-0.25, -0.2) is 19.7 Å². The zero-order valence-corrected chi connectivity index (χ0v) is 20.5. The molecule has 0 radical (unpaired) electrons. The number of carbonyl (C=O) groups excluding carboxylic acids is 3. The lowest BCUT2D eigenvalue weighted by Crippen LogP contribution is -2.58. The van der Waals surface area contributed by atoms with Crippen LogP contribution in [-0.4, -0.2) is 93.9 Å². The van der Waals surface area contributed by atoms with Crippen LogP contribution in [0.25, 0.3) is 0 Å². The number of imidazole rings is 3. The number of nitrogens with two attached hydrogens (primary N) is 1. The number of H-pyrrole nitrogens is 3. The number of carboxylic acid groups (broad SMARTS) is 2. The smallest absolute Gasteiger partial charge is 0.326 e. The number of carboxylic acids is 2. The minimum atomic E-state index is -1.74. The summed E-state index contributed by atoms with van der Waals surface area (Å²) in [4.78, 5) is 81.7. The molecule has 0 bridgehead atoms. The van der Waals surface area contributed by atoms with Crippen molar-refractivity contribution in [3.05, 3.63) is 54.7 Å². The zero-order chi connectivity index (χ0) is 28.4. The Bertz CT molecular complexity index is 1240. The number of hydrogen-bond donors (Lipinski definition) is 9. The summed E-state index contributed by atoms with van der Waals surface area (Å²) < 4.78 is 0. The molecule has 0 aromatic carbocycles. The van der Waals surface area contributed by atoms with Gasteiger partial charge in [0, 0.05) is 54.9 Å². The van der Waals surface area contributed by atoms with Crippen molar-refractivity contribution in [2.75, 3.05) is 0 Å². The molecule has 4 unspecified atom stereocenters. The van der Waals surface area contributed by atoms with Crippen LogP contribution >= 0.6 is 0 Å². The van der Waals surface area contributed by atoms with E-state index in [0.29, 0.717) is 17.1 Å². The molecule has 3 heterocycles. The summed E-state index contributed by atoms with van der Waals surface area (Å²) in [6, 6.07) is -5.33. The van der Waals surface area contributed by atoms with Crippen LogP contribution in [0.2, 0.25) is 0 Å². The lowest BCUT2D eigenvalue weighted by molar-refractivity contribution is -0.147. The third-order valence-corrected chi connectivity index (χ3v) is 5.55. The van der Waals surface area contributed by atoms with E-state index in [0.717, 1.165) is 0 Å². The van der Waals surface area contributed by atoms with Gasteiger partial charge in [0.05, 0.1) is 31.4 Å². The van der Waals surface area contributed by atoms with Gasteiger partial charge in [0.1, 0.15) is 18.1 Å². The molecule has 0 aliphatic carbocycles. The Balaban J connectivity index is 1.77. The van der Waals surface area contributed by atoms with E-state index in [-0.39, 0.29) is 19.3 Å². The third kappa shape index (κ3) is 8.78. The fraction of sp³-hybridized carbons (Fsp3) is 0.364. The second-order valence-electron chi connectivity index (χ2n) is 8.57. The van der Waals surface area contributed by atoms with Crippen molar-refractivity contribution in [1.29, 1.82) is 0 Å². The Kier molecular flexibility index (Phi) is 9.85. The first-order valence-corrected chi connectivity index (χ1v) is 11.7. The summed E-state index contributed by atoms with van der Waals surface area (Å²) in [6.45, 7) is 0. The van der Waals surface area contributed by atoms with Gasteiger partial charge in [0.15, 0.2) is 0 Å². The fourth-order valence-electron chi connectivity index (χ4n) is 3.58. The van der Waals surface area contributed by atoms with Crippen LogP contribution in [0.3, 0.4) is 0 Å². The van der Waals surface area contributed by atoms with Crippen molar-refractivity contribution >= 4 is 29.7 Å². The highest BCUT2D eigenvalue weighted by molar-refractivity contribution is 5.94. The number of aliphatic carboxylic acids is 2. The number of aromatic nitrogens is 6. The molecule has 0 aliphatic heterocycles. The highest BCUT2D eigenvalue weighted by Gasteiger charge is 2.32. The summed E-state index contributed by atoms with van der Waals surface area (Å²) >= 11 is 0. The average molecular weight is 545 g/mol. The SMILES string of the molecule is NC(Cc1cnc[nH]1)C(=O)NC(Cc1cnc[nH]1)C(=O)NC(Cc1cnc[nH]1)C(=O)NC(CC(=O)O)C(=O)O. The lowest BCUT2D eigenvalue weighted by Gasteiger charge is -2.24. The molecule has 3 rings (SSSR count). The zero-order valence-electron chi connectivity index (χ0n) is 20.5. The van der Waals surface area contributed by atoms with Crippen molar-refractivity contribution in [2.24, 2.45) is 5.73 Å². The second kappa shape index (κ2) is 13.5. The van der Waals surface area contributed by atoms with Gasteiger partial charge in [0.2, 0.25) is 17.7 Å². The van der Waals surface area contributed by atoms with E-state index in [4.69, 9.17) is 10.8 Å². The van der Waals surface area contributed by atoms with Gasteiger partial charge in [-0.1, -0.05) is 0 Å². The lowest BCUT2D eigenvalue weighted by atomic mass is 10.1. The average Bonchev–Trinajstić information content (AvgIpc) is 3.67. The topological polar surface area (TPSA) is 274 Å². The maximum Gasteiger partial charge on any atom is 0.326 e. The van der Waals surface area contributed by atoms with Crippen molar-refractivity contribution in [2.45, 2.75) is 49.9 Å². The summed E-state index contributed by atoms with van der Waals surface area (Å²) in [5, 5.41) is 25.5. The Morgan fingerprint density at radius 1 is 0.692 bits per heavy atom. The Labute approximate surface area is 220 Å². The number of rotatable bonds is 15. The first-order valence-electron chi connectivity index (χ1n) is 11.7. The molecular formula is C22H28N10O7. The van der Waals surface area contributed by atoms with E-state index in [1.54, 1.807) is 0 Å². The molecule has 39 heavy (non-hydrogen) atoms. The Hall–Kier alpha value is -5.06. The van der Waals surface area contributed by atoms with E-state index in [2.05, 4.69) is 45.9 Å². The van der Waals surface area contributed by atoms with Gasteiger partial charge < -0.3 is 46.8 Å². The largest absolute Gasteiger partial charge is 0.481 e. The molecule has 3 aromatic heterocycles. The first-order chi connectivity index (χ1) is 18.6. The van der Waals surface area contributed by atoms with Gasteiger partial charge in [0.25, 0.3) is 0 Å². The van der Waals surface area contributed by atoms with E-state index in [1.807, 2.05) is 0 Å². The van der Waals surface area contributed by atoms with Crippen LogP contribution in [0.1, 0.15) is 23.5 Å². The summed E-state index contributed by atoms with van der Waals surface area (Å²) in [7, 11) is 0. The number of aromatic amines is 3. The predicted octanol–water partition coefficient (Wildman–Crippen LogP) is -2.78. The van der Waals surface area contributed by atoms with Crippen LogP contribution in [0.5, 0.6) is 0 Å². The number of nitrogens with zero attached hydrogens (tertiary/aromatic N) is 3. The minimum absolute atomic E-state index is 0.0382. The molecule has 4 atom stereocenters. The molecule has 10 N–H and O–H groups in total. The normalized spacial score (nSPS) is 14.0. The van der Waals surface area contributed by atoms with Crippen molar-refractivity contribution in [3.8, 4) is 0 Å². The highest BCUT2D eigenvalue weighted by atomic mass is 16.4. The summed E-state index contributed by atoms with van der Waals surface area (Å²) in [6.07, 6.45) is 7.60. The number of carbonyl (C=O) groups is 5. The maximum absolute atomic E-state index is 13.4. The molecule has 0 aliphatic rings. The van der Waals surface area contributed by atoms with Crippen LogP contribution in [0, 0.1) is 0 Å². The number of amides is 3. The van der Waals surface area contributed by atoms with Gasteiger partial charge in [-0.15, -0.1) is 0 Å². The molecule has 17 nitrogen and oxygen atoms in total. The molecule has 3 amide bonds. The van der Waals surface area contributed by atoms with Crippen LogP contribution in [0.4, 0.5) is 0 Å². The Morgan fingerprint density at radius 2 is 1.10 bits per heavy atom. The summed E-state index contributed by atoms with van der Waals surface area (Å²) in [5.74, 6) is -5.38. The van der Waals surface area contributed by atoms with Crippen molar-refractivity contribution < 1.29 is 34.2 Å². The van der Waals surface area contributed by atoms with Crippen molar-refractivity contribution in [3.63, 3.8) is 0 Å². The van der Waals surface area contributed by atoms with Crippen LogP contribution < -0.4 is 21.7 Å². The standard InChI is InChI=1S/C22H28N10O7/c23-14(1-11-5-24-8-27-11)19(35)30-15(2-12-6-25-9-28-12)20(36)31-16(3-13-7-26-10-29-13)21(37)32-17(22(38)39)4-18(33)34/h5-10,14-17H,1-4,23H2,(H,24,27)(H,25,28)(H,26,29)(H,30,35)(H,31,36)(H,32,37)(H,33,34)(H,38,39). The van der Waals surface area contributed by atoms with E-state index >= 15 is 0 Å². The van der Waals surface area contributed by atoms with Gasteiger partial charge in [-0.05, 0) is 0 Å². The maximum atomic E-state index is 13.4. The fourth-order valence-corrected chi connectivity index (χ4v) is 3.58.